The first-order valence-electron chi connectivity index (χ1n) is 5.01. The molecule has 3 fully saturated rings. The third-order valence-corrected chi connectivity index (χ3v) is 4.23. The fraction of sp³-hybridized carbons (Fsp3) is 0.727. The molecule has 0 aromatic rings. The molecule has 12 heavy (non-hydrogen) atoms. The highest BCUT2D eigenvalue weighted by atomic mass is 16.1. The number of hydrogen-bond acceptors (Lipinski definition) is 1. The molecular weight excluding hydrogens is 148 g/mol. The molecule has 4 atom stereocenters. The van der Waals surface area contributed by atoms with Crippen LogP contribution in [0.25, 0.3) is 0 Å². The third-order valence-electron chi connectivity index (χ3n) is 4.23. The molecule has 0 amide bonds. The molecule has 1 heteroatoms. The highest BCUT2D eigenvalue weighted by molar-refractivity contribution is 5.88. The average molecular weight is 162 g/mol. The zero-order chi connectivity index (χ0) is 8.29. The number of Topliss-reactive ketones (excluding diaryl/α,β-unsaturated/α-hetero) is 1. The number of allylic oxidation sites excluding steroid dienone is 1. The van der Waals surface area contributed by atoms with Crippen molar-refractivity contribution < 1.29 is 4.79 Å². The molecule has 3 aliphatic rings. The summed E-state index contributed by atoms with van der Waals surface area (Å²) >= 11 is 0. The fourth-order valence-electron chi connectivity index (χ4n) is 3.64. The van der Waals surface area contributed by atoms with Gasteiger partial charge in [-0.25, -0.2) is 0 Å². The van der Waals surface area contributed by atoms with E-state index in [0.717, 1.165) is 12.8 Å². The predicted octanol–water partition coefficient (Wildman–Crippen LogP) is 2.18. The van der Waals surface area contributed by atoms with E-state index in [9.17, 15) is 4.79 Å². The largest absolute Gasteiger partial charge is 0.299 e. The van der Waals surface area contributed by atoms with Crippen LogP contribution >= 0.6 is 0 Å². The Balaban J connectivity index is 2.09. The summed E-state index contributed by atoms with van der Waals surface area (Å²) in [5.74, 6) is 2.53. The Hall–Kier alpha value is -0.590. The zero-order valence-corrected chi connectivity index (χ0v) is 7.25. The summed E-state index contributed by atoms with van der Waals surface area (Å²) < 4.78 is 0. The Labute approximate surface area is 72.8 Å². The van der Waals surface area contributed by atoms with Crippen molar-refractivity contribution in [2.45, 2.75) is 25.7 Å². The van der Waals surface area contributed by atoms with Gasteiger partial charge in [0, 0.05) is 11.8 Å². The maximum absolute atomic E-state index is 11.8. The van der Waals surface area contributed by atoms with Gasteiger partial charge in [-0.2, -0.15) is 0 Å². The van der Waals surface area contributed by atoms with Gasteiger partial charge in [0.05, 0.1) is 0 Å². The van der Waals surface area contributed by atoms with Crippen molar-refractivity contribution in [1.29, 1.82) is 0 Å². The highest BCUT2D eigenvalue weighted by Gasteiger charge is 2.53. The monoisotopic (exact) mass is 162 g/mol. The molecule has 0 radical (unpaired) electrons. The van der Waals surface area contributed by atoms with Gasteiger partial charge in [0.15, 0.2) is 0 Å². The summed E-state index contributed by atoms with van der Waals surface area (Å²) in [6, 6.07) is 0. The molecule has 4 bridgehead atoms. The van der Waals surface area contributed by atoms with E-state index in [2.05, 4.69) is 6.58 Å². The summed E-state index contributed by atoms with van der Waals surface area (Å²) in [6.45, 7) is 4.16. The van der Waals surface area contributed by atoms with Crippen LogP contribution in [0.2, 0.25) is 0 Å². The van der Waals surface area contributed by atoms with Crippen LogP contribution in [-0.4, -0.2) is 5.78 Å². The molecule has 0 aromatic heterocycles. The van der Waals surface area contributed by atoms with E-state index in [1.165, 1.54) is 18.4 Å². The van der Waals surface area contributed by atoms with Crippen molar-refractivity contribution in [3.63, 3.8) is 0 Å². The van der Waals surface area contributed by atoms with E-state index >= 15 is 0 Å². The lowest BCUT2D eigenvalue weighted by Gasteiger charge is -2.27. The minimum Gasteiger partial charge on any atom is -0.299 e. The van der Waals surface area contributed by atoms with Crippen LogP contribution in [0, 0.1) is 23.7 Å². The molecular formula is C11H14O. The van der Waals surface area contributed by atoms with Crippen LogP contribution in [0.3, 0.4) is 0 Å². The number of carbonyl (C=O) groups is 1. The second-order valence-electron chi connectivity index (χ2n) is 4.56. The minimum absolute atomic E-state index is 0.390. The lowest BCUT2D eigenvalue weighted by atomic mass is 9.75. The first-order chi connectivity index (χ1) is 5.79. The van der Waals surface area contributed by atoms with Crippen molar-refractivity contribution >= 4 is 5.78 Å². The molecule has 0 saturated heterocycles. The zero-order valence-electron chi connectivity index (χ0n) is 7.25. The van der Waals surface area contributed by atoms with Gasteiger partial charge < -0.3 is 0 Å². The fourth-order valence-corrected chi connectivity index (χ4v) is 3.64. The van der Waals surface area contributed by atoms with E-state index in [0.29, 0.717) is 29.5 Å². The minimum atomic E-state index is 0.390. The normalized spacial score (nSPS) is 50.3. The van der Waals surface area contributed by atoms with E-state index in [-0.39, 0.29) is 0 Å². The first-order valence-corrected chi connectivity index (χ1v) is 5.01. The van der Waals surface area contributed by atoms with Crippen molar-refractivity contribution in [2.24, 2.45) is 23.7 Å². The van der Waals surface area contributed by atoms with Crippen LogP contribution < -0.4 is 0 Å². The van der Waals surface area contributed by atoms with Gasteiger partial charge in [-0.15, -0.1) is 0 Å². The molecule has 0 N–H and O–H groups in total. The Bertz CT molecular complexity index is 214. The van der Waals surface area contributed by atoms with Gasteiger partial charge >= 0.3 is 0 Å². The molecule has 3 saturated carbocycles. The van der Waals surface area contributed by atoms with Crippen molar-refractivity contribution in [3.8, 4) is 0 Å². The van der Waals surface area contributed by atoms with Crippen LogP contribution in [0.15, 0.2) is 12.2 Å². The third kappa shape index (κ3) is 0.596. The van der Waals surface area contributed by atoms with Crippen LogP contribution in [0.5, 0.6) is 0 Å². The molecule has 0 aliphatic heterocycles. The second-order valence-corrected chi connectivity index (χ2v) is 4.56. The summed E-state index contributed by atoms with van der Waals surface area (Å²) in [6.07, 6.45) is 4.81. The number of ketones is 1. The Morgan fingerprint density at radius 2 is 1.33 bits per heavy atom. The van der Waals surface area contributed by atoms with Gasteiger partial charge in [-0.3, -0.25) is 4.79 Å². The van der Waals surface area contributed by atoms with Gasteiger partial charge in [-0.05, 0) is 37.5 Å². The van der Waals surface area contributed by atoms with E-state index in [1.807, 2.05) is 0 Å². The summed E-state index contributed by atoms with van der Waals surface area (Å²) in [5, 5.41) is 0. The quantitative estimate of drug-likeness (QED) is 0.499. The number of hydrogen-bond donors (Lipinski definition) is 0. The Morgan fingerprint density at radius 3 is 1.83 bits per heavy atom. The molecule has 0 heterocycles. The second kappa shape index (κ2) is 2.01. The number of rotatable bonds is 0. The lowest BCUT2D eigenvalue weighted by Crippen LogP contribution is -2.30. The molecule has 0 spiro atoms. The Morgan fingerprint density at radius 1 is 0.917 bits per heavy atom. The van der Waals surface area contributed by atoms with E-state index in [4.69, 9.17) is 0 Å². The SMILES string of the molecule is C=C1[C@H]2CC[C@@H]1[C@H]1CC[C@@H]2C1=O. The number of fused-ring (bicyclic) bond motifs is 6. The highest BCUT2D eigenvalue weighted by Crippen LogP contribution is 2.56. The standard InChI is InChI=1S/C11H14O/c1-6-7-2-3-8(6)10-5-4-9(7)11(10)12/h7-10H,1-5H2/t7-,8+,9+,10-. The maximum atomic E-state index is 11.8. The molecule has 64 valence electrons. The molecule has 3 aliphatic carbocycles. The summed E-state index contributed by atoms with van der Waals surface area (Å²) in [7, 11) is 0. The van der Waals surface area contributed by atoms with Crippen molar-refractivity contribution in [3.05, 3.63) is 12.2 Å². The summed E-state index contributed by atoms with van der Waals surface area (Å²) in [4.78, 5) is 11.8. The smallest absolute Gasteiger partial charge is 0.140 e. The van der Waals surface area contributed by atoms with Crippen LogP contribution in [0.1, 0.15) is 25.7 Å². The van der Waals surface area contributed by atoms with Gasteiger partial charge in [0.25, 0.3) is 0 Å². The van der Waals surface area contributed by atoms with Gasteiger partial charge in [-0.1, -0.05) is 12.2 Å². The van der Waals surface area contributed by atoms with Gasteiger partial charge in [0.2, 0.25) is 0 Å². The van der Waals surface area contributed by atoms with Crippen molar-refractivity contribution in [1.82, 2.24) is 0 Å². The van der Waals surface area contributed by atoms with E-state index in [1.54, 1.807) is 0 Å². The molecule has 1 nitrogen and oxygen atoms in total. The lowest BCUT2D eigenvalue weighted by molar-refractivity contribution is -0.126. The van der Waals surface area contributed by atoms with E-state index < -0.39 is 0 Å². The maximum Gasteiger partial charge on any atom is 0.140 e. The van der Waals surface area contributed by atoms with Gasteiger partial charge in [0.1, 0.15) is 5.78 Å². The topological polar surface area (TPSA) is 17.1 Å². The molecule has 3 rings (SSSR count). The molecule has 0 aromatic carbocycles. The average Bonchev–Trinajstić information content (AvgIpc) is 2.41. The van der Waals surface area contributed by atoms with Crippen LogP contribution in [0.4, 0.5) is 0 Å². The first kappa shape index (κ1) is 6.88. The Kier molecular flexibility index (Phi) is 1.15. The summed E-state index contributed by atoms with van der Waals surface area (Å²) in [5.41, 5.74) is 1.42. The molecule has 0 unspecified atom stereocenters. The predicted molar refractivity (Wildman–Crippen MR) is 46.6 cm³/mol. The van der Waals surface area contributed by atoms with Crippen molar-refractivity contribution in [2.75, 3.05) is 0 Å². The number of carbonyl (C=O) groups excluding carboxylic acids is 1. The van der Waals surface area contributed by atoms with Crippen LogP contribution in [-0.2, 0) is 4.79 Å².